The first kappa shape index (κ1) is 17.9. The molecule has 0 aromatic heterocycles. The van der Waals surface area contributed by atoms with Crippen molar-refractivity contribution in [1.29, 1.82) is 0 Å². The van der Waals surface area contributed by atoms with E-state index in [4.69, 9.17) is 0 Å². The lowest BCUT2D eigenvalue weighted by molar-refractivity contribution is 0.284. The lowest BCUT2D eigenvalue weighted by atomic mass is 10.2. The predicted molar refractivity (Wildman–Crippen MR) is 111 cm³/mol. The van der Waals surface area contributed by atoms with Gasteiger partial charge in [0.15, 0.2) is 0 Å². The van der Waals surface area contributed by atoms with Gasteiger partial charge in [0.25, 0.3) is 0 Å². The largest absolute Gasteiger partial charge is 0.293 e. The Morgan fingerprint density at radius 1 is 0.640 bits per heavy atom. The molecule has 0 saturated heterocycles. The van der Waals surface area contributed by atoms with E-state index in [0.29, 0.717) is 5.78 Å². The number of hydrogen-bond donors (Lipinski definition) is 0. The summed E-state index contributed by atoms with van der Waals surface area (Å²) in [6.45, 7) is 6.63. The van der Waals surface area contributed by atoms with Gasteiger partial charge in [-0.2, -0.15) is 0 Å². The molecular formula is C23H26NP. The van der Waals surface area contributed by atoms with Gasteiger partial charge in [-0.1, -0.05) is 105 Å². The highest BCUT2D eigenvalue weighted by Gasteiger charge is 2.29. The van der Waals surface area contributed by atoms with Crippen molar-refractivity contribution < 1.29 is 0 Å². The van der Waals surface area contributed by atoms with E-state index in [1.165, 1.54) is 16.2 Å². The maximum Gasteiger partial charge on any atom is 0.0630 e. The van der Waals surface area contributed by atoms with E-state index >= 15 is 0 Å². The summed E-state index contributed by atoms with van der Waals surface area (Å²) >= 11 is 0. The molecule has 3 aromatic rings. The van der Waals surface area contributed by atoms with Crippen LogP contribution in [-0.2, 0) is 0 Å². The average Bonchev–Trinajstić information content (AvgIpc) is 2.70. The molecule has 3 aromatic carbocycles. The standard InChI is InChI=1S/C23H26NP/c1-3-24(4-2)23(20-14-8-5-9-15-20)25(21-16-10-6-11-17-21)22-18-12-7-13-19-22/h5-19,23H,3-4H2,1-2H3. The van der Waals surface area contributed by atoms with E-state index in [-0.39, 0.29) is 0 Å². The van der Waals surface area contributed by atoms with Gasteiger partial charge in [-0.3, -0.25) is 4.90 Å². The molecule has 0 aliphatic carbocycles. The summed E-state index contributed by atoms with van der Waals surface area (Å²) in [5.74, 6) is 0.385. The number of rotatable bonds is 7. The molecule has 0 fully saturated rings. The molecule has 3 rings (SSSR count). The fourth-order valence-corrected chi connectivity index (χ4v) is 6.30. The Bertz CT molecular complexity index is 699. The number of hydrogen-bond acceptors (Lipinski definition) is 1. The molecule has 128 valence electrons. The van der Waals surface area contributed by atoms with E-state index in [0.717, 1.165) is 13.1 Å². The molecule has 2 heteroatoms. The molecule has 1 unspecified atom stereocenters. The molecule has 0 aliphatic rings. The van der Waals surface area contributed by atoms with E-state index in [9.17, 15) is 0 Å². The Morgan fingerprint density at radius 2 is 1.04 bits per heavy atom. The normalized spacial score (nSPS) is 12.5. The lowest BCUT2D eigenvalue weighted by Crippen LogP contribution is -2.32. The summed E-state index contributed by atoms with van der Waals surface area (Å²) in [6.07, 6.45) is 0. The van der Waals surface area contributed by atoms with Crippen LogP contribution in [0.25, 0.3) is 0 Å². The third-order valence-corrected chi connectivity index (χ3v) is 7.39. The van der Waals surface area contributed by atoms with Gasteiger partial charge in [-0.05, 0) is 37.2 Å². The molecule has 0 aliphatic heterocycles. The van der Waals surface area contributed by atoms with E-state index in [2.05, 4.69) is 110 Å². The van der Waals surface area contributed by atoms with Crippen molar-refractivity contribution in [2.45, 2.75) is 19.6 Å². The van der Waals surface area contributed by atoms with Gasteiger partial charge in [0, 0.05) is 0 Å². The Balaban J connectivity index is 2.16. The topological polar surface area (TPSA) is 3.24 Å². The van der Waals surface area contributed by atoms with Crippen LogP contribution in [0.2, 0.25) is 0 Å². The van der Waals surface area contributed by atoms with Gasteiger partial charge in [0.05, 0.1) is 5.78 Å². The predicted octanol–water partition coefficient (Wildman–Crippen LogP) is 5.16. The van der Waals surface area contributed by atoms with Crippen molar-refractivity contribution in [2.24, 2.45) is 0 Å². The molecule has 0 heterocycles. The monoisotopic (exact) mass is 347 g/mol. The van der Waals surface area contributed by atoms with Crippen LogP contribution in [0.4, 0.5) is 0 Å². The van der Waals surface area contributed by atoms with E-state index in [1.54, 1.807) is 0 Å². The minimum absolute atomic E-state index is 0.385. The Kier molecular flexibility index (Phi) is 6.39. The van der Waals surface area contributed by atoms with Crippen molar-refractivity contribution in [3.05, 3.63) is 96.6 Å². The van der Waals surface area contributed by atoms with Crippen LogP contribution < -0.4 is 10.6 Å². The second-order valence-corrected chi connectivity index (χ2v) is 8.31. The Hall–Kier alpha value is -1.95. The Labute approximate surface area is 153 Å². The van der Waals surface area contributed by atoms with Crippen molar-refractivity contribution in [1.82, 2.24) is 4.90 Å². The zero-order valence-corrected chi connectivity index (χ0v) is 15.9. The van der Waals surface area contributed by atoms with Gasteiger partial charge in [-0.25, -0.2) is 0 Å². The smallest absolute Gasteiger partial charge is 0.0630 e. The second-order valence-electron chi connectivity index (χ2n) is 6.05. The molecule has 25 heavy (non-hydrogen) atoms. The van der Waals surface area contributed by atoms with Crippen molar-refractivity contribution in [3.8, 4) is 0 Å². The molecule has 0 radical (unpaired) electrons. The molecule has 0 amide bonds. The van der Waals surface area contributed by atoms with Crippen LogP contribution in [-0.4, -0.2) is 18.0 Å². The summed E-state index contributed by atoms with van der Waals surface area (Å²) in [4.78, 5) is 2.60. The summed E-state index contributed by atoms with van der Waals surface area (Å²) in [6, 6.07) is 33.0. The number of benzene rings is 3. The minimum Gasteiger partial charge on any atom is -0.293 e. The van der Waals surface area contributed by atoms with Gasteiger partial charge >= 0.3 is 0 Å². The summed E-state index contributed by atoms with van der Waals surface area (Å²) < 4.78 is 0. The SMILES string of the molecule is CCN(CC)C(c1ccccc1)P(c1ccccc1)c1ccccc1. The third kappa shape index (κ3) is 4.18. The van der Waals surface area contributed by atoms with Crippen LogP contribution in [0.5, 0.6) is 0 Å². The molecule has 0 bridgehead atoms. The summed E-state index contributed by atoms with van der Waals surface area (Å²) in [5, 5.41) is 2.87. The summed E-state index contributed by atoms with van der Waals surface area (Å²) in [5.41, 5.74) is 1.41. The maximum atomic E-state index is 2.60. The minimum atomic E-state index is -0.516. The van der Waals surface area contributed by atoms with Crippen molar-refractivity contribution in [3.63, 3.8) is 0 Å². The van der Waals surface area contributed by atoms with Crippen LogP contribution >= 0.6 is 7.92 Å². The zero-order chi connectivity index (χ0) is 17.5. The zero-order valence-electron chi connectivity index (χ0n) is 15.0. The maximum absolute atomic E-state index is 2.60. The van der Waals surface area contributed by atoms with Gasteiger partial charge in [0.2, 0.25) is 0 Å². The quantitative estimate of drug-likeness (QED) is 0.534. The second kappa shape index (κ2) is 8.94. The van der Waals surface area contributed by atoms with Crippen LogP contribution in [0.1, 0.15) is 25.2 Å². The third-order valence-electron chi connectivity index (χ3n) is 4.57. The molecule has 1 atom stereocenters. The highest BCUT2D eigenvalue weighted by Crippen LogP contribution is 2.51. The first-order chi connectivity index (χ1) is 12.3. The highest BCUT2D eigenvalue weighted by molar-refractivity contribution is 7.73. The van der Waals surface area contributed by atoms with E-state index < -0.39 is 7.92 Å². The van der Waals surface area contributed by atoms with Gasteiger partial charge < -0.3 is 0 Å². The van der Waals surface area contributed by atoms with Crippen LogP contribution in [0, 0.1) is 0 Å². The van der Waals surface area contributed by atoms with E-state index in [1.807, 2.05) is 0 Å². The number of nitrogens with zero attached hydrogens (tertiary/aromatic N) is 1. The first-order valence-electron chi connectivity index (χ1n) is 9.03. The first-order valence-corrected chi connectivity index (χ1v) is 10.4. The van der Waals surface area contributed by atoms with Gasteiger partial charge in [-0.15, -0.1) is 0 Å². The summed E-state index contributed by atoms with van der Waals surface area (Å²) in [7, 11) is -0.516. The van der Waals surface area contributed by atoms with Crippen LogP contribution in [0.3, 0.4) is 0 Å². The molecule has 0 spiro atoms. The highest BCUT2D eigenvalue weighted by atomic mass is 31.1. The lowest BCUT2D eigenvalue weighted by Gasteiger charge is -2.37. The van der Waals surface area contributed by atoms with Crippen molar-refractivity contribution >= 4 is 18.5 Å². The molecular weight excluding hydrogens is 321 g/mol. The average molecular weight is 347 g/mol. The molecule has 0 N–H and O–H groups in total. The molecule has 0 saturated carbocycles. The molecule has 1 nitrogen and oxygen atoms in total. The fraction of sp³-hybridized carbons (Fsp3) is 0.217. The van der Waals surface area contributed by atoms with Gasteiger partial charge in [0.1, 0.15) is 0 Å². The fourth-order valence-electron chi connectivity index (χ4n) is 3.33. The van der Waals surface area contributed by atoms with Crippen molar-refractivity contribution in [2.75, 3.05) is 13.1 Å². The van der Waals surface area contributed by atoms with Crippen LogP contribution in [0.15, 0.2) is 91.0 Å². The Morgan fingerprint density at radius 3 is 1.44 bits per heavy atom.